The molecule has 2 aromatic carbocycles. The fourth-order valence-corrected chi connectivity index (χ4v) is 2.92. The van der Waals surface area contributed by atoms with E-state index < -0.39 is 11.9 Å². The maximum atomic E-state index is 12.1. The summed E-state index contributed by atoms with van der Waals surface area (Å²) < 4.78 is 10.4. The second-order valence-electron chi connectivity index (χ2n) is 6.55. The van der Waals surface area contributed by atoms with Gasteiger partial charge in [-0.05, 0) is 36.4 Å². The molecule has 0 atom stereocenters. The monoisotopic (exact) mass is 380 g/mol. The average molecular weight is 380 g/mol. The zero-order chi connectivity index (χ0) is 19.8. The Balaban J connectivity index is 1.45. The van der Waals surface area contributed by atoms with Crippen LogP contribution in [0, 0.1) is 11.3 Å². The predicted octanol–water partition coefficient (Wildman–Crippen LogP) is 0.769. The average Bonchev–Trinajstić information content (AvgIpc) is 2.74. The number of carbonyl (C=O) groups is 2. The number of benzene rings is 2. The van der Waals surface area contributed by atoms with Gasteiger partial charge in [0.1, 0.15) is 19.6 Å². The standard InChI is InChI=1S/C21H21N3O4/c22-13-16-3-7-19(8-4-16)23-20(25)15-28-21(26)18-5-1-17(2-6-18)14-24-9-11-27-12-10-24/h1-8H,9-12,14-15H2,(H,23,25)/p+1. The molecule has 2 N–H and O–H groups in total. The molecule has 0 saturated carbocycles. The molecule has 7 heteroatoms. The fraction of sp³-hybridized carbons (Fsp3) is 0.286. The first-order chi connectivity index (χ1) is 13.6. The lowest BCUT2D eigenvalue weighted by Crippen LogP contribution is -3.12. The Morgan fingerprint density at radius 3 is 2.39 bits per heavy atom. The number of quaternary nitrogens is 1. The van der Waals surface area contributed by atoms with Crippen LogP contribution in [0.1, 0.15) is 21.5 Å². The number of ether oxygens (including phenoxy) is 2. The van der Waals surface area contributed by atoms with Gasteiger partial charge in [-0.3, -0.25) is 4.79 Å². The first-order valence-electron chi connectivity index (χ1n) is 9.11. The molecule has 0 aromatic heterocycles. The Bertz CT molecular complexity index is 851. The van der Waals surface area contributed by atoms with Crippen molar-refractivity contribution in [3.8, 4) is 6.07 Å². The van der Waals surface area contributed by atoms with E-state index in [0.29, 0.717) is 16.8 Å². The molecule has 0 aliphatic carbocycles. The molecular formula is C21H22N3O4+. The molecule has 0 unspecified atom stereocenters. The van der Waals surface area contributed by atoms with Gasteiger partial charge in [-0.2, -0.15) is 5.26 Å². The van der Waals surface area contributed by atoms with E-state index in [1.807, 2.05) is 18.2 Å². The summed E-state index contributed by atoms with van der Waals surface area (Å²) in [6.07, 6.45) is 0. The van der Waals surface area contributed by atoms with Crippen molar-refractivity contribution in [2.75, 3.05) is 38.2 Å². The van der Waals surface area contributed by atoms with E-state index in [9.17, 15) is 9.59 Å². The molecule has 0 radical (unpaired) electrons. The van der Waals surface area contributed by atoms with Crippen molar-refractivity contribution in [2.45, 2.75) is 6.54 Å². The molecule has 28 heavy (non-hydrogen) atoms. The Morgan fingerprint density at radius 2 is 1.75 bits per heavy atom. The lowest BCUT2D eigenvalue weighted by atomic mass is 10.1. The number of rotatable bonds is 6. The summed E-state index contributed by atoms with van der Waals surface area (Å²) in [6, 6.07) is 15.7. The van der Waals surface area contributed by atoms with Gasteiger partial charge in [0.05, 0.1) is 30.4 Å². The number of nitrogens with one attached hydrogen (secondary N) is 2. The van der Waals surface area contributed by atoms with Crippen LogP contribution in [0.5, 0.6) is 0 Å². The van der Waals surface area contributed by atoms with Crippen molar-refractivity contribution < 1.29 is 24.0 Å². The van der Waals surface area contributed by atoms with Crippen LogP contribution in [-0.2, 0) is 20.8 Å². The molecule has 1 aliphatic heterocycles. The molecular weight excluding hydrogens is 358 g/mol. The van der Waals surface area contributed by atoms with Crippen LogP contribution in [0.15, 0.2) is 48.5 Å². The minimum atomic E-state index is -0.541. The van der Waals surface area contributed by atoms with Crippen LogP contribution in [0.2, 0.25) is 0 Å². The molecule has 2 aromatic rings. The number of carbonyl (C=O) groups excluding carboxylic acids is 2. The van der Waals surface area contributed by atoms with E-state index in [1.54, 1.807) is 36.4 Å². The van der Waals surface area contributed by atoms with Gasteiger partial charge in [0, 0.05) is 11.3 Å². The maximum absolute atomic E-state index is 12.1. The second kappa shape index (κ2) is 9.65. The summed E-state index contributed by atoms with van der Waals surface area (Å²) in [5.74, 6) is -0.981. The number of hydrogen-bond donors (Lipinski definition) is 2. The third kappa shape index (κ3) is 5.64. The molecule has 1 fully saturated rings. The van der Waals surface area contributed by atoms with Crippen molar-refractivity contribution in [3.05, 3.63) is 65.2 Å². The zero-order valence-corrected chi connectivity index (χ0v) is 15.4. The second-order valence-corrected chi connectivity index (χ2v) is 6.55. The fourth-order valence-electron chi connectivity index (χ4n) is 2.92. The minimum Gasteiger partial charge on any atom is -0.452 e. The van der Waals surface area contributed by atoms with E-state index in [1.165, 1.54) is 4.90 Å². The third-order valence-corrected chi connectivity index (χ3v) is 4.48. The van der Waals surface area contributed by atoms with E-state index >= 15 is 0 Å². The number of hydrogen-bond acceptors (Lipinski definition) is 5. The molecule has 0 spiro atoms. The van der Waals surface area contributed by atoms with Crippen molar-refractivity contribution in [2.24, 2.45) is 0 Å². The van der Waals surface area contributed by atoms with Crippen LogP contribution < -0.4 is 10.2 Å². The number of amides is 1. The molecule has 1 amide bonds. The minimum absolute atomic E-state index is 0.376. The van der Waals surface area contributed by atoms with Gasteiger partial charge in [-0.15, -0.1) is 0 Å². The van der Waals surface area contributed by atoms with Crippen LogP contribution >= 0.6 is 0 Å². The molecule has 0 bridgehead atoms. The topological polar surface area (TPSA) is 92.9 Å². The lowest BCUT2D eigenvalue weighted by molar-refractivity contribution is -0.921. The van der Waals surface area contributed by atoms with Crippen molar-refractivity contribution in [3.63, 3.8) is 0 Å². The Kier molecular flexibility index (Phi) is 6.73. The molecule has 7 nitrogen and oxygen atoms in total. The molecule has 3 rings (SSSR count). The van der Waals surface area contributed by atoms with Crippen molar-refractivity contribution >= 4 is 17.6 Å². The highest BCUT2D eigenvalue weighted by Gasteiger charge is 2.15. The molecule has 1 heterocycles. The number of nitrogens with zero attached hydrogens (tertiary/aromatic N) is 1. The van der Waals surface area contributed by atoms with Crippen molar-refractivity contribution in [1.82, 2.24) is 0 Å². The van der Waals surface area contributed by atoms with E-state index in [-0.39, 0.29) is 6.61 Å². The van der Waals surface area contributed by atoms with E-state index in [4.69, 9.17) is 14.7 Å². The highest BCUT2D eigenvalue weighted by atomic mass is 16.5. The Morgan fingerprint density at radius 1 is 1.07 bits per heavy atom. The van der Waals surface area contributed by atoms with Gasteiger partial charge in [-0.25, -0.2) is 4.79 Å². The molecule has 144 valence electrons. The smallest absolute Gasteiger partial charge is 0.338 e. The van der Waals surface area contributed by atoms with Gasteiger partial charge in [0.25, 0.3) is 5.91 Å². The number of anilines is 1. The summed E-state index contributed by atoms with van der Waals surface area (Å²) >= 11 is 0. The van der Waals surface area contributed by atoms with E-state index in [0.717, 1.165) is 38.4 Å². The quantitative estimate of drug-likeness (QED) is 0.722. The largest absolute Gasteiger partial charge is 0.452 e. The van der Waals surface area contributed by atoms with Crippen LogP contribution in [0.25, 0.3) is 0 Å². The predicted molar refractivity (Wildman–Crippen MR) is 102 cm³/mol. The molecule has 1 aliphatic rings. The lowest BCUT2D eigenvalue weighted by Gasteiger charge is -2.23. The summed E-state index contributed by atoms with van der Waals surface area (Å²) in [7, 11) is 0. The number of nitriles is 1. The zero-order valence-electron chi connectivity index (χ0n) is 15.4. The normalized spacial score (nSPS) is 14.1. The number of morpholine rings is 1. The van der Waals surface area contributed by atoms with Gasteiger partial charge < -0.3 is 19.7 Å². The Labute approximate surface area is 163 Å². The molecule has 1 saturated heterocycles. The van der Waals surface area contributed by atoms with Gasteiger partial charge in [0.2, 0.25) is 0 Å². The summed E-state index contributed by atoms with van der Waals surface area (Å²) in [6.45, 7) is 4.05. The highest BCUT2D eigenvalue weighted by Crippen LogP contribution is 2.09. The van der Waals surface area contributed by atoms with Crippen LogP contribution in [0.3, 0.4) is 0 Å². The highest BCUT2D eigenvalue weighted by molar-refractivity contribution is 5.95. The van der Waals surface area contributed by atoms with Gasteiger partial charge >= 0.3 is 5.97 Å². The first kappa shape index (κ1) is 19.5. The summed E-state index contributed by atoms with van der Waals surface area (Å²) in [5, 5.41) is 11.4. The summed E-state index contributed by atoms with van der Waals surface area (Å²) in [5.41, 5.74) is 2.59. The van der Waals surface area contributed by atoms with Gasteiger partial charge in [-0.1, -0.05) is 12.1 Å². The Hall–Kier alpha value is -3.21. The first-order valence-corrected chi connectivity index (χ1v) is 9.11. The third-order valence-electron chi connectivity index (χ3n) is 4.48. The van der Waals surface area contributed by atoms with E-state index in [2.05, 4.69) is 5.32 Å². The summed E-state index contributed by atoms with van der Waals surface area (Å²) in [4.78, 5) is 25.5. The van der Waals surface area contributed by atoms with Crippen molar-refractivity contribution in [1.29, 1.82) is 5.26 Å². The van der Waals surface area contributed by atoms with Crippen LogP contribution in [0.4, 0.5) is 5.69 Å². The van der Waals surface area contributed by atoms with Crippen LogP contribution in [-0.4, -0.2) is 44.8 Å². The number of esters is 1. The maximum Gasteiger partial charge on any atom is 0.338 e. The SMILES string of the molecule is N#Cc1ccc(NC(=O)COC(=O)c2ccc(C[NH+]3CCOCC3)cc2)cc1. The van der Waals surface area contributed by atoms with Gasteiger partial charge in [0.15, 0.2) is 6.61 Å².